The third-order valence-corrected chi connectivity index (χ3v) is 8.21. The first-order chi connectivity index (χ1) is 34.7. The summed E-state index contributed by atoms with van der Waals surface area (Å²) in [6.45, 7) is 15.8. The van der Waals surface area contributed by atoms with Crippen LogP contribution in [0.3, 0.4) is 0 Å². The molecule has 5 rings (SSSR count). The van der Waals surface area contributed by atoms with Crippen LogP contribution in [-0.2, 0) is 56.2 Å². The Morgan fingerprint density at radius 3 is 1.09 bits per heavy atom. The summed E-state index contributed by atoms with van der Waals surface area (Å²) in [5.74, 6) is -3.96. The fourth-order valence-corrected chi connectivity index (χ4v) is 5.29. The Labute approximate surface area is 426 Å². The molecule has 0 atom stereocenters. The molecule has 392 valence electrons. The van der Waals surface area contributed by atoms with Gasteiger partial charge < -0.3 is 38.8 Å². The standard InChI is InChI=1S/2C19H21N3O5.C13H16N2O5/c2*1-19(2,3)27-18(25)21-15-11-14(9-10-20-15)16(17(23)24)22-26-12-13-7-5-4-6-8-13;1-13(2,3)20-12(18)15-9-7-8(5-6-14-9)10(16)11(17)19-4/h2*4-11H,12H2,1-3H3,(H,23,24)(H,20,21,25);5-7H,1-4H3,(H,14,15,18)/b2*22-16-;. The Bertz CT molecular complexity index is 2640. The number of amides is 3. The Hall–Kier alpha value is -9.28. The van der Waals surface area contributed by atoms with Crippen molar-refractivity contribution >= 4 is 70.8 Å². The SMILES string of the molecule is CC(C)(C)OC(=O)Nc1cc(/C(=N/OCc2ccccc2)C(=O)O)ccn1.CC(C)(C)OC(=O)Nc1cc(/C(=N/OCc2ccccc2)C(=O)O)ccn1.COC(=O)C(=O)c1ccnc(NC(=O)OC(C)(C)C)c1. The molecule has 0 saturated heterocycles. The highest BCUT2D eigenvalue weighted by Gasteiger charge is 2.22. The number of Topliss-reactive ketones (excluding diaryl/α,β-unsaturated/α-hetero) is 1. The highest BCUT2D eigenvalue weighted by Crippen LogP contribution is 2.16. The van der Waals surface area contributed by atoms with E-state index in [0.29, 0.717) is 0 Å². The number of ketones is 1. The lowest BCUT2D eigenvalue weighted by molar-refractivity contribution is -0.135. The van der Waals surface area contributed by atoms with E-state index in [0.717, 1.165) is 18.2 Å². The van der Waals surface area contributed by atoms with Crippen molar-refractivity contribution in [1.82, 2.24) is 15.0 Å². The van der Waals surface area contributed by atoms with Gasteiger partial charge in [-0.05, 0) is 110 Å². The third-order valence-electron chi connectivity index (χ3n) is 8.21. The number of carbonyl (C=O) groups is 7. The molecule has 0 saturated carbocycles. The zero-order valence-electron chi connectivity index (χ0n) is 42.3. The van der Waals surface area contributed by atoms with E-state index < -0.39 is 58.8 Å². The van der Waals surface area contributed by atoms with Crippen LogP contribution in [0.5, 0.6) is 0 Å². The summed E-state index contributed by atoms with van der Waals surface area (Å²) in [7, 11) is 1.11. The molecule has 0 bridgehead atoms. The second-order valence-corrected chi connectivity index (χ2v) is 18.0. The lowest BCUT2D eigenvalue weighted by Gasteiger charge is -2.19. The molecule has 0 aliphatic carbocycles. The van der Waals surface area contributed by atoms with Crippen LogP contribution in [0.2, 0.25) is 0 Å². The average Bonchev–Trinajstić information content (AvgIpc) is 3.30. The van der Waals surface area contributed by atoms with E-state index in [-0.39, 0.29) is 58.8 Å². The normalized spacial score (nSPS) is 11.3. The second kappa shape index (κ2) is 27.9. The number of carboxylic acid groups (broad SMARTS) is 2. The molecule has 3 heterocycles. The number of rotatable bonds is 15. The second-order valence-electron chi connectivity index (χ2n) is 18.0. The average molecular weight is 1020 g/mol. The van der Waals surface area contributed by atoms with E-state index in [4.69, 9.17) is 23.9 Å². The van der Waals surface area contributed by atoms with Gasteiger partial charge in [-0.1, -0.05) is 71.0 Å². The summed E-state index contributed by atoms with van der Waals surface area (Å²) >= 11 is 0. The number of carboxylic acids is 2. The highest BCUT2D eigenvalue weighted by molar-refractivity contribution is 6.43. The Morgan fingerprint density at radius 1 is 0.486 bits per heavy atom. The molecule has 3 amide bonds. The van der Waals surface area contributed by atoms with E-state index in [1.807, 2.05) is 60.7 Å². The van der Waals surface area contributed by atoms with Crippen LogP contribution in [0.25, 0.3) is 0 Å². The van der Waals surface area contributed by atoms with Crippen LogP contribution in [-0.4, -0.2) is 102 Å². The highest BCUT2D eigenvalue weighted by atomic mass is 16.6. The molecule has 0 fully saturated rings. The van der Waals surface area contributed by atoms with Crippen LogP contribution in [0.4, 0.5) is 31.8 Å². The molecule has 5 aromatic rings. The predicted octanol–water partition coefficient (Wildman–Crippen LogP) is 8.65. The van der Waals surface area contributed by atoms with Gasteiger partial charge in [0.25, 0.3) is 5.78 Å². The number of oxime groups is 2. The van der Waals surface area contributed by atoms with Crippen molar-refractivity contribution in [2.45, 2.75) is 92.3 Å². The van der Waals surface area contributed by atoms with Crippen LogP contribution in [0.15, 0.2) is 126 Å². The molecular weight excluding hydrogens is 965 g/mol. The smallest absolute Gasteiger partial charge is 0.413 e. The summed E-state index contributed by atoms with van der Waals surface area (Å²) in [6, 6.07) is 26.8. The minimum atomic E-state index is -1.27. The number of ether oxygens (including phenoxy) is 4. The van der Waals surface area contributed by atoms with Gasteiger partial charge in [0.1, 0.15) is 47.5 Å². The summed E-state index contributed by atoms with van der Waals surface area (Å²) in [5.41, 5.74) is -0.349. The molecule has 3 aromatic heterocycles. The minimum Gasteiger partial charge on any atom is -0.476 e. The van der Waals surface area contributed by atoms with Crippen molar-refractivity contribution in [2.24, 2.45) is 10.3 Å². The first-order valence-electron chi connectivity index (χ1n) is 22.2. The fraction of sp³-hybridized carbons (Fsp3) is 0.294. The number of hydrogen-bond donors (Lipinski definition) is 5. The molecule has 0 unspecified atom stereocenters. The van der Waals surface area contributed by atoms with Gasteiger partial charge in [0, 0.05) is 35.3 Å². The van der Waals surface area contributed by atoms with Crippen molar-refractivity contribution in [1.29, 1.82) is 0 Å². The van der Waals surface area contributed by atoms with Gasteiger partial charge >= 0.3 is 36.2 Å². The number of aliphatic carboxylic acids is 2. The molecule has 2 aromatic carbocycles. The van der Waals surface area contributed by atoms with Crippen molar-refractivity contribution in [3.8, 4) is 0 Å². The largest absolute Gasteiger partial charge is 0.476 e. The molecule has 0 aliphatic heterocycles. The molecule has 0 radical (unpaired) electrons. The first kappa shape index (κ1) is 59.0. The monoisotopic (exact) mass is 1020 g/mol. The summed E-state index contributed by atoms with van der Waals surface area (Å²) in [4.78, 5) is 103. The van der Waals surface area contributed by atoms with Crippen molar-refractivity contribution in [2.75, 3.05) is 23.1 Å². The molecule has 0 spiro atoms. The number of nitrogens with zero attached hydrogens (tertiary/aromatic N) is 5. The van der Waals surface area contributed by atoms with E-state index in [1.165, 1.54) is 55.0 Å². The number of pyridine rings is 3. The molecule has 23 heteroatoms. The van der Waals surface area contributed by atoms with Crippen LogP contribution in [0, 0.1) is 0 Å². The lowest BCUT2D eigenvalue weighted by Crippen LogP contribution is -2.27. The van der Waals surface area contributed by atoms with Gasteiger partial charge in [-0.3, -0.25) is 20.7 Å². The van der Waals surface area contributed by atoms with Gasteiger partial charge in [-0.25, -0.2) is 43.7 Å². The molecule has 0 aliphatic rings. The maximum Gasteiger partial charge on any atom is 0.413 e. The number of anilines is 3. The van der Waals surface area contributed by atoms with Crippen molar-refractivity contribution < 1.29 is 72.4 Å². The lowest BCUT2D eigenvalue weighted by atomic mass is 10.1. The third kappa shape index (κ3) is 23.1. The van der Waals surface area contributed by atoms with Crippen LogP contribution in [0.1, 0.15) is 94.9 Å². The summed E-state index contributed by atoms with van der Waals surface area (Å²) < 4.78 is 19.7. The van der Waals surface area contributed by atoms with Crippen LogP contribution < -0.4 is 16.0 Å². The van der Waals surface area contributed by atoms with Gasteiger partial charge in [0.15, 0.2) is 11.4 Å². The number of benzene rings is 2. The van der Waals surface area contributed by atoms with Crippen molar-refractivity contribution in [3.63, 3.8) is 0 Å². The molecule has 23 nitrogen and oxygen atoms in total. The van der Waals surface area contributed by atoms with Gasteiger partial charge in [0.05, 0.1) is 7.11 Å². The maximum absolute atomic E-state index is 11.8. The predicted molar refractivity (Wildman–Crippen MR) is 269 cm³/mol. The first-order valence-corrected chi connectivity index (χ1v) is 22.2. The minimum absolute atomic E-state index is 0.0675. The Morgan fingerprint density at radius 2 is 0.797 bits per heavy atom. The number of hydrogen-bond acceptors (Lipinski definition) is 18. The fourth-order valence-electron chi connectivity index (χ4n) is 5.29. The van der Waals surface area contributed by atoms with Gasteiger partial charge in [0.2, 0.25) is 0 Å². The Balaban J connectivity index is 0.000000297. The van der Waals surface area contributed by atoms with Crippen LogP contribution >= 0.6 is 0 Å². The summed E-state index contributed by atoms with van der Waals surface area (Å²) in [5, 5.41) is 33.5. The van der Waals surface area contributed by atoms with E-state index >= 15 is 0 Å². The number of methoxy groups -OCH3 is 1. The van der Waals surface area contributed by atoms with Crippen molar-refractivity contribution in [3.05, 3.63) is 143 Å². The zero-order valence-corrected chi connectivity index (χ0v) is 42.3. The van der Waals surface area contributed by atoms with E-state index in [9.17, 15) is 43.8 Å². The molecule has 5 N–H and O–H groups in total. The number of aromatic nitrogens is 3. The van der Waals surface area contributed by atoms with Gasteiger partial charge in [-0.2, -0.15) is 0 Å². The van der Waals surface area contributed by atoms with E-state index in [1.54, 1.807) is 62.3 Å². The maximum atomic E-state index is 11.8. The molecule has 74 heavy (non-hydrogen) atoms. The number of esters is 1. The van der Waals surface area contributed by atoms with E-state index in [2.05, 4.69) is 46.0 Å². The number of nitrogens with one attached hydrogen (secondary N) is 3. The zero-order chi connectivity index (χ0) is 55.1. The quantitative estimate of drug-likeness (QED) is 0.0163. The molecular formula is C51H58N8O15. The topological polar surface area (TPSA) is 315 Å². The Kier molecular flexibility index (Phi) is 22.3. The summed E-state index contributed by atoms with van der Waals surface area (Å²) in [6.07, 6.45) is 1.92. The van der Waals surface area contributed by atoms with Gasteiger partial charge in [-0.15, -0.1) is 0 Å². The number of carbonyl (C=O) groups excluding carboxylic acids is 5.